The molecule has 1 aliphatic rings. The van der Waals surface area contributed by atoms with Crippen LogP contribution in [0.1, 0.15) is 34.5 Å². The number of amides is 3. The average Bonchev–Trinajstić information content (AvgIpc) is 3.49. The zero-order chi connectivity index (χ0) is 23.0. The van der Waals surface area contributed by atoms with Gasteiger partial charge in [0.15, 0.2) is 0 Å². The summed E-state index contributed by atoms with van der Waals surface area (Å²) in [5.74, 6) is -0.140. The maximum Gasteiger partial charge on any atom is 0.251 e. The molecule has 1 saturated carbocycles. The zero-order valence-corrected chi connectivity index (χ0v) is 18.1. The van der Waals surface area contributed by atoms with Gasteiger partial charge < -0.3 is 20.0 Å². The van der Waals surface area contributed by atoms with Crippen LogP contribution in [-0.4, -0.2) is 35.2 Å². The Morgan fingerprint density at radius 2 is 1.73 bits per heavy atom. The maximum absolute atomic E-state index is 12.9. The first-order chi connectivity index (χ1) is 16.1. The molecule has 1 aromatic heterocycles. The van der Waals surface area contributed by atoms with E-state index in [-0.39, 0.29) is 30.8 Å². The van der Waals surface area contributed by atoms with Crippen LogP contribution in [0, 0.1) is 0 Å². The third-order valence-corrected chi connectivity index (χ3v) is 5.13. The van der Waals surface area contributed by atoms with E-state index in [2.05, 4.69) is 10.6 Å². The van der Waals surface area contributed by atoms with Crippen LogP contribution < -0.4 is 10.6 Å². The zero-order valence-electron chi connectivity index (χ0n) is 18.1. The molecule has 0 spiro atoms. The molecule has 4 rings (SSSR count). The molecule has 3 amide bonds. The summed E-state index contributed by atoms with van der Waals surface area (Å²) in [7, 11) is 0. The van der Waals surface area contributed by atoms with E-state index >= 15 is 0 Å². The second kappa shape index (κ2) is 10.5. The van der Waals surface area contributed by atoms with Crippen molar-refractivity contribution in [3.63, 3.8) is 0 Å². The van der Waals surface area contributed by atoms with E-state index in [0.29, 0.717) is 23.1 Å². The molecule has 0 unspecified atom stereocenters. The summed E-state index contributed by atoms with van der Waals surface area (Å²) in [4.78, 5) is 38.9. The van der Waals surface area contributed by atoms with E-state index < -0.39 is 0 Å². The molecular formula is C26H25N3O4. The Balaban J connectivity index is 1.40. The minimum Gasteiger partial charge on any atom is -0.467 e. The summed E-state index contributed by atoms with van der Waals surface area (Å²) in [5, 5.41) is 5.74. The fraction of sp³-hybridized carbons (Fsp3) is 0.192. The highest BCUT2D eigenvalue weighted by atomic mass is 16.3. The summed E-state index contributed by atoms with van der Waals surface area (Å²) in [5.41, 5.74) is 2.02. The summed E-state index contributed by atoms with van der Waals surface area (Å²) < 4.78 is 5.36. The fourth-order valence-corrected chi connectivity index (χ4v) is 3.21. The minimum atomic E-state index is -0.329. The predicted octanol–water partition coefficient (Wildman–Crippen LogP) is 3.85. The van der Waals surface area contributed by atoms with Gasteiger partial charge in [-0.2, -0.15) is 0 Å². The molecule has 0 aliphatic heterocycles. The summed E-state index contributed by atoms with van der Waals surface area (Å²) >= 11 is 0. The third-order valence-electron chi connectivity index (χ3n) is 5.13. The van der Waals surface area contributed by atoms with Crippen molar-refractivity contribution in [1.82, 2.24) is 10.2 Å². The molecule has 1 aliphatic carbocycles. The van der Waals surface area contributed by atoms with Crippen LogP contribution in [0.15, 0.2) is 83.5 Å². The smallest absolute Gasteiger partial charge is 0.251 e. The highest BCUT2D eigenvalue weighted by Crippen LogP contribution is 2.19. The summed E-state index contributed by atoms with van der Waals surface area (Å²) in [6.45, 7) is 0.0394. The van der Waals surface area contributed by atoms with Gasteiger partial charge in [0, 0.05) is 23.4 Å². The van der Waals surface area contributed by atoms with E-state index in [1.165, 1.54) is 17.2 Å². The molecule has 3 aromatic rings. The Bertz CT molecular complexity index is 1120. The van der Waals surface area contributed by atoms with Crippen molar-refractivity contribution in [3.8, 4) is 0 Å². The van der Waals surface area contributed by atoms with Gasteiger partial charge >= 0.3 is 0 Å². The van der Waals surface area contributed by atoms with E-state index in [0.717, 1.165) is 18.4 Å². The van der Waals surface area contributed by atoms with Crippen LogP contribution in [-0.2, 0) is 16.1 Å². The quantitative estimate of drug-likeness (QED) is 0.492. The standard InChI is InChI=1S/C26H25N3O4/c30-24(27-21-5-2-1-3-6-21)18-29(17-23-7-4-16-33-23)25(31)15-10-19-8-11-20(12-9-19)26(32)28-22-13-14-22/h1-12,15-16,22H,13-14,17-18H2,(H,27,30)(H,28,32). The lowest BCUT2D eigenvalue weighted by Gasteiger charge is -2.19. The molecule has 0 bridgehead atoms. The van der Waals surface area contributed by atoms with E-state index in [4.69, 9.17) is 4.42 Å². The van der Waals surface area contributed by atoms with E-state index in [1.54, 1.807) is 54.6 Å². The SMILES string of the molecule is O=C(CN(Cc1ccco1)C(=O)C=Cc1ccc(C(=O)NC2CC2)cc1)Nc1ccccc1. The van der Waals surface area contributed by atoms with Gasteiger partial charge in [0.25, 0.3) is 5.91 Å². The average molecular weight is 444 g/mol. The lowest BCUT2D eigenvalue weighted by atomic mass is 10.1. The van der Waals surface area contributed by atoms with Crippen molar-refractivity contribution < 1.29 is 18.8 Å². The van der Waals surface area contributed by atoms with Crippen LogP contribution in [0.5, 0.6) is 0 Å². The maximum atomic E-state index is 12.9. The Kier molecular flexibility index (Phi) is 6.99. The molecule has 0 atom stereocenters. The minimum absolute atomic E-state index is 0.0850. The van der Waals surface area contributed by atoms with Gasteiger partial charge in [-0.25, -0.2) is 0 Å². The first-order valence-electron chi connectivity index (χ1n) is 10.8. The number of nitrogens with zero attached hydrogens (tertiary/aromatic N) is 1. The molecule has 0 saturated heterocycles. The van der Waals surface area contributed by atoms with Crippen molar-refractivity contribution in [2.75, 3.05) is 11.9 Å². The first kappa shape index (κ1) is 22.1. The highest BCUT2D eigenvalue weighted by molar-refractivity contribution is 5.98. The van der Waals surface area contributed by atoms with Crippen LogP contribution in [0.2, 0.25) is 0 Å². The van der Waals surface area contributed by atoms with Gasteiger partial charge in [-0.3, -0.25) is 14.4 Å². The number of para-hydroxylation sites is 1. The molecule has 7 nitrogen and oxygen atoms in total. The number of carbonyl (C=O) groups is 3. The molecule has 0 radical (unpaired) electrons. The van der Waals surface area contributed by atoms with E-state index in [1.807, 2.05) is 18.2 Å². The monoisotopic (exact) mass is 443 g/mol. The first-order valence-corrected chi connectivity index (χ1v) is 10.8. The third kappa shape index (κ3) is 6.67. The number of hydrogen-bond donors (Lipinski definition) is 2. The molecule has 168 valence electrons. The number of nitrogens with one attached hydrogen (secondary N) is 2. The molecule has 7 heteroatoms. The van der Waals surface area contributed by atoms with Crippen LogP contribution in [0.25, 0.3) is 6.08 Å². The number of rotatable bonds is 9. The van der Waals surface area contributed by atoms with Crippen molar-refractivity contribution in [2.45, 2.75) is 25.4 Å². The normalized spacial score (nSPS) is 13.0. The Hall–Kier alpha value is -4.13. The molecule has 33 heavy (non-hydrogen) atoms. The predicted molar refractivity (Wildman–Crippen MR) is 125 cm³/mol. The number of anilines is 1. The topological polar surface area (TPSA) is 91.7 Å². The van der Waals surface area contributed by atoms with Gasteiger partial charge in [-0.05, 0) is 60.9 Å². The molecule has 1 heterocycles. The van der Waals surface area contributed by atoms with Gasteiger partial charge in [-0.1, -0.05) is 30.3 Å². The summed E-state index contributed by atoms with van der Waals surface area (Å²) in [6.07, 6.45) is 6.67. The van der Waals surface area contributed by atoms with Crippen molar-refractivity contribution in [1.29, 1.82) is 0 Å². The van der Waals surface area contributed by atoms with Crippen LogP contribution >= 0.6 is 0 Å². The highest BCUT2D eigenvalue weighted by Gasteiger charge is 2.23. The largest absolute Gasteiger partial charge is 0.467 e. The molecule has 2 N–H and O–H groups in total. The molecule has 2 aromatic carbocycles. The Morgan fingerprint density at radius 1 is 0.970 bits per heavy atom. The lowest BCUT2D eigenvalue weighted by Crippen LogP contribution is -2.36. The van der Waals surface area contributed by atoms with Gasteiger partial charge in [0.1, 0.15) is 12.3 Å². The van der Waals surface area contributed by atoms with Crippen molar-refractivity contribution >= 4 is 29.5 Å². The van der Waals surface area contributed by atoms with Crippen molar-refractivity contribution in [2.24, 2.45) is 0 Å². The number of hydrogen-bond acceptors (Lipinski definition) is 4. The number of benzene rings is 2. The molecule has 1 fully saturated rings. The van der Waals surface area contributed by atoms with Gasteiger partial charge in [-0.15, -0.1) is 0 Å². The Morgan fingerprint density at radius 3 is 2.39 bits per heavy atom. The van der Waals surface area contributed by atoms with Crippen LogP contribution in [0.3, 0.4) is 0 Å². The van der Waals surface area contributed by atoms with Crippen molar-refractivity contribution in [3.05, 3.63) is 96.0 Å². The van der Waals surface area contributed by atoms with Gasteiger partial charge in [0.05, 0.1) is 12.8 Å². The Labute approximate surface area is 192 Å². The number of furan rings is 1. The van der Waals surface area contributed by atoms with E-state index in [9.17, 15) is 14.4 Å². The summed E-state index contributed by atoms with van der Waals surface area (Å²) in [6, 6.07) is 19.9. The fourth-order valence-electron chi connectivity index (χ4n) is 3.21. The second-order valence-electron chi connectivity index (χ2n) is 7.89. The van der Waals surface area contributed by atoms with Gasteiger partial charge in [0.2, 0.25) is 11.8 Å². The molecular weight excluding hydrogens is 418 g/mol. The van der Waals surface area contributed by atoms with Crippen LogP contribution in [0.4, 0.5) is 5.69 Å². The number of carbonyl (C=O) groups excluding carboxylic acids is 3. The lowest BCUT2D eigenvalue weighted by molar-refractivity contribution is -0.131. The second-order valence-corrected chi connectivity index (χ2v) is 7.89.